The zero-order valence-corrected chi connectivity index (χ0v) is 13.0. The van der Waals surface area contributed by atoms with Gasteiger partial charge in [-0.25, -0.2) is 0 Å². The van der Waals surface area contributed by atoms with E-state index in [1.165, 1.54) is 9.75 Å². The summed E-state index contributed by atoms with van der Waals surface area (Å²) in [6.07, 6.45) is 1.05. The molecule has 18 heavy (non-hydrogen) atoms. The van der Waals surface area contributed by atoms with Crippen molar-refractivity contribution in [1.29, 1.82) is 0 Å². The molecule has 0 radical (unpaired) electrons. The molecule has 0 aliphatic carbocycles. The van der Waals surface area contributed by atoms with E-state index < -0.39 is 0 Å². The molecule has 2 rings (SSSR count). The fraction of sp³-hybridized carbons (Fsp3) is 0.429. The maximum absolute atomic E-state index is 5.93. The van der Waals surface area contributed by atoms with E-state index in [-0.39, 0.29) is 0 Å². The molecule has 1 nitrogen and oxygen atoms in total. The van der Waals surface area contributed by atoms with Crippen LogP contribution in [0.25, 0.3) is 0 Å². The third-order valence-electron chi connectivity index (χ3n) is 2.88. The van der Waals surface area contributed by atoms with E-state index in [1.54, 1.807) is 11.3 Å². The Labute approximate surface area is 122 Å². The highest BCUT2D eigenvalue weighted by molar-refractivity contribution is 7.16. The number of thiophene rings is 2. The molecule has 0 saturated heterocycles. The minimum absolute atomic E-state index is 0.459. The quantitative estimate of drug-likeness (QED) is 0.792. The Hall–Kier alpha value is -0.350. The fourth-order valence-electron chi connectivity index (χ4n) is 1.97. The van der Waals surface area contributed by atoms with E-state index in [1.807, 2.05) is 17.4 Å². The number of hydrogen-bond donors (Lipinski definition) is 1. The molecule has 4 heteroatoms. The van der Waals surface area contributed by atoms with E-state index >= 15 is 0 Å². The second kappa shape index (κ2) is 6.71. The number of nitrogens with one attached hydrogen (secondary N) is 1. The van der Waals surface area contributed by atoms with Gasteiger partial charge in [-0.15, -0.1) is 22.7 Å². The molecule has 0 aliphatic rings. The highest BCUT2D eigenvalue weighted by Crippen LogP contribution is 2.26. The van der Waals surface area contributed by atoms with Crippen molar-refractivity contribution in [2.75, 3.05) is 6.54 Å². The van der Waals surface area contributed by atoms with Crippen LogP contribution in [0, 0.1) is 5.92 Å². The summed E-state index contributed by atoms with van der Waals surface area (Å²) in [5.41, 5.74) is 0. The van der Waals surface area contributed by atoms with Crippen LogP contribution in [-0.2, 0) is 6.42 Å². The topological polar surface area (TPSA) is 12.0 Å². The lowest BCUT2D eigenvalue weighted by Crippen LogP contribution is -2.26. The van der Waals surface area contributed by atoms with Crippen molar-refractivity contribution in [3.05, 3.63) is 43.7 Å². The van der Waals surface area contributed by atoms with Crippen LogP contribution < -0.4 is 5.32 Å². The molecule has 0 spiro atoms. The standard InChI is InChI=1S/C14H18ClNS2/c1-10(2)14(12-4-3-9-17-12)16-8-7-11-5-6-13(15)18-11/h3-6,9-10,14,16H,7-8H2,1-2H3. The average molecular weight is 300 g/mol. The van der Waals surface area contributed by atoms with Crippen molar-refractivity contribution in [2.45, 2.75) is 26.3 Å². The highest BCUT2D eigenvalue weighted by Gasteiger charge is 2.15. The van der Waals surface area contributed by atoms with Crippen LogP contribution in [0.3, 0.4) is 0 Å². The first kappa shape index (κ1) is 14.1. The Kier molecular flexibility index (Phi) is 5.25. The average Bonchev–Trinajstić information content (AvgIpc) is 2.95. The van der Waals surface area contributed by atoms with E-state index in [2.05, 4.69) is 42.7 Å². The van der Waals surface area contributed by atoms with Crippen molar-refractivity contribution in [1.82, 2.24) is 5.32 Å². The van der Waals surface area contributed by atoms with E-state index in [4.69, 9.17) is 11.6 Å². The molecule has 2 aromatic heterocycles. The summed E-state index contributed by atoms with van der Waals surface area (Å²) < 4.78 is 0.878. The van der Waals surface area contributed by atoms with E-state index in [0.717, 1.165) is 17.3 Å². The molecule has 0 aromatic carbocycles. The number of rotatable bonds is 6. The summed E-state index contributed by atoms with van der Waals surface area (Å²) in [5.74, 6) is 0.607. The Morgan fingerprint density at radius 1 is 1.28 bits per heavy atom. The lowest BCUT2D eigenvalue weighted by molar-refractivity contribution is 0.421. The van der Waals surface area contributed by atoms with Crippen molar-refractivity contribution in [3.8, 4) is 0 Å². The molecule has 2 aromatic rings. The van der Waals surface area contributed by atoms with Gasteiger partial charge in [0, 0.05) is 22.3 Å². The lowest BCUT2D eigenvalue weighted by atomic mass is 10.0. The van der Waals surface area contributed by atoms with Crippen LogP contribution in [-0.4, -0.2) is 6.54 Å². The van der Waals surface area contributed by atoms with E-state index in [9.17, 15) is 0 Å². The van der Waals surface area contributed by atoms with Crippen LogP contribution in [0.4, 0.5) is 0 Å². The molecule has 0 amide bonds. The predicted octanol–water partition coefficient (Wildman–Crippen LogP) is 4.99. The molecule has 0 aliphatic heterocycles. The van der Waals surface area contributed by atoms with Gasteiger partial charge in [-0.05, 0) is 35.9 Å². The minimum atomic E-state index is 0.459. The summed E-state index contributed by atoms with van der Waals surface area (Å²) in [6, 6.07) is 8.88. The van der Waals surface area contributed by atoms with Gasteiger partial charge >= 0.3 is 0 Å². The van der Waals surface area contributed by atoms with Crippen molar-refractivity contribution >= 4 is 34.3 Å². The van der Waals surface area contributed by atoms with Gasteiger partial charge in [0.05, 0.1) is 4.34 Å². The van der Waals surface area contributed by atoms with Gasteiger partial charge in [0.1, 0.15) is 0 Å². The number of halogens is 1. The molecular formula is C14H18ClNS2. The first-order valence-electron chi connectivity index (χ1n) is 6.18. The third-order valence-corrected chi connectivity index (χ3v) is 5.13. The molecule has 98 valence electrons. The molecule has 1 atom stereocenters. The van der Waals surface area contributed by atoms with Gasteiger partial charge in [-0.3, -0.25) is 0 Å². The second-order valence-electron chi connectivity index (χ2n) is 4.65. The third kappa shape index (κ3) is 3.82. The first-order valence-corrected chi connectivity index (χ1v) is 8.25. The van der Waals surface area contributed by atoms with E-state index in [0.29, 0.717) is 12.0 Å². The molecule has 0 bridgehead atoms. The maximum atomic E-state index is 5.93. The van der Waals surface area contributed by atoms with Gasteiger partial charge in [0.2, 0.25) is 0 Å². The number of hydrogen-bond acceptors (Lipinski definition) is 3. The molecule has 1 N–H and O–H groups in total. The van der Waals surface area contributed by atoms with Crippen molar-refractivity contribution in [2.24, 2.45) is 5.92 Å². The molecule has 0 saturated carbocycles. The van der Waals surface area contributed by atoms with Gasteiger partial charge in [0.15, 0.2) is 0 Å². The second-order valence-corrected chi connectivity index (χ2v) is 7.43. The van der Waals surface area contributed by atoms with Crippen LogP contribution in [0.1, 0.15) is 29.6 Å². The molecule has 0 fully saturated rings. The van der Waals surface area contributed by atoms with Gasteiger partial charge in [0.25, 0.3) is 0 Å². The fourth-order valence-corrected chi connectivity index (χ4v) is 4.03. The highest BCUT2D eigenvalue weighted by atomic mass is 35.5. The minimum Gasteiger partial charge on any atom is -0.309 e. The summed E-state index contributed by atoms with van der Waals surface area (Å²) >= 11 is 9.44. The zero-order chi connectivity index (χ0) is 13.0. The van der Waals surface area contributed by atoms with Crippen molar-refractivity contribution < 1.29 is 0 Å². The molecule has 1 unspecified atom stereocenters. The van der Waals surface area contributed by atoms with Crippen LogP contribution in [0.2, 0.25) is 4.34 Å². The lowest BCUT2D eigenvalue weighted by Gasteiger charge is -2.21. The normalized spacial score (nSPS) is 13.1. The summed E-state index contributed by atoms with van der Waals surface area (Å²) in [6.45, 7) is 5.52. The van der Waals surface area contributed by atoms with Gasteiger partial charge < -0.3 is 5.32 Å². The van der Waals surface area contributed by atoms with Gasteiger partial charge in [-0.2, -0.15) is 0 Å². The van der Waals surface area contributed by atoms with Crippen molar-refractivity contribution in [3.63, 3.8) is 0 Å². The predicted molar refractivity (Wildman–Crippen MR) is 82.9 cm³/mol. The maximum Gasteiger partial charge on any atom is 0.0931 e. The first-order chi connectivity index (χ1) is 8.66. The monoisotopic (exact) mass is 299 g/mol. The summed E-state index contributed by atoms with van der Waals surface area (Å²) in [5, 5.41) is 5.80. The smallest absolute Gasteiger partial charge is 0.0931 e. The Bertz CT molecular complexity index is 462. The van der Waals surface area contributed by atoms with Crippen LogP contribution in [0.5, 0.6) is 0 Å². The zero-order valence-electron chi connectivity index (χ0n) is 10.7. The molecule has 2 heterocycles. The largest absolute Gasteiger partial charge is 0.309 e. The van der Waals surface area contributed by atoms with Crippen LogP contribution in [0.15, 0.2) is 29.6 Å². The summed E-state index contributed by atoms with van der Waals surface area (Å²) in [4.78, 5) is 2.77. The summed E-state index contributed by atoms with van der Waals surface area (Å²) in [7, 11) is 0. The van der Waals surface area contributed by atoms with Gasteiger partial charge in [-0.1, -0.05) is 31.5 Å². The Morgan fingerprint density at radius 2 is 2.11 bits per heavy atom. The van der Waals surface area contributed by atoms with Crippen LogP contribution >= 0.6 is 34.3 Å². The molecular weight excluding hydrogens is 282 g/mol. The Balaban J connectivity index is 1.87. The Morgan fingerprint density at radius 3 is 2.67 bits per heavy atom. The SMILES string of the molecule is CC(C)C(NCCc1ccc(Cl)s1)c1cccs1.